The summed E-state index contributed by atoms with van der Waals surface area (Å²) in [4.78, 5) is 1.27. The Hall–Kier alpha value is -0.380. The minimum atomic E-state index is 0.206. The van der Waals surface area contributed by atoms with Crippen molar-refractivity contribution in [1.82, 2.24) is 0 Å². The van der Waals surface area contributed by atoms with Crippen LogP contribution in [0.15, 0.2) is 11.4 Å². The Kier molecular flexibility index (Phi) is 3.72. The molecular formula is C9H15NOS. The monoisotopic (exact) mass is 185 g/mol. The van der Waals surface area contributed by atoms with Crippen LogP contribution in [0.25, 0.3) is 0 Å². The maximum atomic E-state index is 8.77. The van der Waals surface area contributed by atoms with Gasteiger partial charge in [-0.2, -0.15) is 0 Å². The van der Waals surface area contributed by atoms with Crippen molar-refractivity contribution in [2.45, 2.75) is 25.8 Å². The van der Waals surface area contributed by atoms with Gasteiger partial charge in [0.25, 0.3) is 0 Å². The number of aliphatic hydroxyl groups is 1. The third kappa shape index (κ3) is 2.59. The van der Waals surface area contributed by atoms with Crippen LogP contribution in [0.4, 0.5) is 0 Å². The quantitative estimate of drug-likeness (QED) is 0.739. The van der Waals surface area contributed by atoms with Crippen LogP contribution in [0.2, 0.25) is 0 Å². The van der Waals surface area contributed by atoms with E-state index < -0.39 is 0 Å². The molecule has 1 rings (SSSR count). The molecule has 68 valence electrons. The first kappa shape index (κ1) is 9.71. The van der Waals surface area contributed by atoms with E-state index in [0.717, 1.165) is 12.8 Å². The zero-order valence-electron chi connectivity index (χ0n) is 7.29. The predicted octanol–water partition coefficient (Wildman–Crippen LogP) is 1.17. The highest BCUT2D eigenvalue weighted by Gasteiger charge is 2.05. The van der Waals surface area contributed by atoms with E-state index in [1.54, 1.807) is 11.3 Å². The fraction of sp³-hybridized carbons (Fsp3) is 0.556. The average Bonchev–Trinajstić information content (AvgIpc) is 2.37. The van der Waals surface area contributed by atoms with Gasteiger partial charge in [0.15, 0.2) is 0 Å². The Morgan fingerprint density at radius 3 is 3.00 bits per heavy atom. The maximum absolute atomic E-state index is 8.77. The summed E-state index contributed by atoms with van der Waals surface area (Å²) in [5.74, 6) is 0. The molecule has 3 N–H and O–H groups in total. The molecule has 0 bridgehead atoms. The van der Waals surface area contributed by atoms with Gasteiger partial charge in [0, 0.05) is 23.9 Å². The second-order valence-corrected chi connectivity index (χ2v) is 4.02. The lowest BCUT2D eigenvalue weighted by Gasteiger charge is -2.04. The molecule has 0 saturated carbocycles. The highest BCUT2D eigenvalue weighted by atomic mass is 32.1. The number of hydrogen-bond donors (Lipinski definition) is 2. The molecule has 0 aromatic carbocycles. The van der Waals surface area contributed by atoms with Gasteiger partial charge in [0.1, 0.15) is 0 Å². The van der Waals surface area contributed by atoms with E-state index in [9.17, 15) is 0 Å². The molecule has 0 aliphatic carbocycles. The molecule has 0 spiro atoms. The number of thiophene rings is 1. The summed E-state index contributed by atoms with van der Waals surface area (Å²) in [7, 11) is 0. The van der Waals surface area contributed by atoms with Crippen LogP contribution in [0, 0.1) is 0 Å². The largest absolute Gasteiger partial charge is 0.396 e. The molecular weight excluding hydrogens is 170 g/mol. The fourth-order valence-corrected chi connectivity index (χ4v) is 2.13. The van der Waals surface area contributed by atoms with Gasteiger partial charge in [0.05, 0.1) is 0 Å². The first-order chi connectivity index (χ1) is 5.74. The molecule has 2 nitrogen and oxygen atoms in total. The minimum absolute atomic E-state index is 0.206. The molecule has 0 amide bonds. The third-order valence-corrected chi connectivity index (χ3v) is 2.74. The molecule has 0 aliphatic rings. The Morgan fingerprint density at radius 1 is 1.67 bits per heavy atom. The van der Waals surface area contributed by atoms with Gasteiger partial charge in [-0.05, 0) is 30.4 Å². The number of aliphatic hydroxyl groups excluding tert-OH is 1. The molecule has 0 aliphatic heterocycles. The van der Waals surface area contributed by atoms with Gasteiger partial charge in [0.2, 0.25) is 0 Å². The number of rotatable bonds is 4. The highest BCUT2D eigenvalue weighted by Crippen LogP contribution is 2.18. The van der Waals surface area contributed by atoms with Crippen molar-refractivity contribution in [1.29, 1.82) is 0 Å². The van der Waals surface area contributed by atoms with Gasteiger partial charge >= 0.3 is 0 Å². The molecule has 1 unspecified atom stereocenters. The second kappa shape index (κ2) is 4.60. The van der Waals surface area contributed by atoms with Crippen LogP contribution in [-0.4, -0.2) is 17.8 Å². The first-order valence-corrected chi connectivity index (χ1v) is 5.03. The molecule has 3 heteroatoms. The van der Waals surface area contributed by atoms with E-state index in [2.05, 4.69) is 11.4 Å². The van der Waals surface area contributed by atoms with Gasteiger partial charge in [-0.15, -0.1) is 11.3 Å². The van der Waals surface area contributed by atoms with Crippen LogP contribution in [-0.2, 0) is 12.8 Å². The van der Waals surface area contributed by atoms with Crippen molar-refractivity contribution >= 4 is 11.3 Å². The number of hydrogen-bond acceptors (Lipinski definition) is 3. The summed E-state index contributed by atoms with van der Waals surface area (Å²) in [6.45, 7) is 2.23. The zero-order chi connectivity index (χ0) is 8.97. The van der Waals surface area contributed by atoms with E-state index >= 15 is 0 Å². The van der Waals surface area contributed by atoms with Crippen molar-refractivity contribution in [2.24, 2.45) is 5.73 Å². The van der Waals surface area contributed by atoms with Crippen LogP contribution in [0.5, 0.6) is 0 Å². The van der Waals surface area contributed by atoms with Crippen molar-refractivity contribution < 1.29 is 5.11 Å². The lowest BCUT2D eigenvalue weighted by Crippen LogP contribution is -2.18. The van der Waals surface area contributed by atoms with E-state index in [4.69, 9.17) is 10.8 Å². The molecule has 1 atom stereocenters. The lowest BCUT2D eigenvalue weighted by atomic mass is 10.1. The summed E-state index contributed by atoms with van der Waals surface area (Å²) >= 11 is 1.70. The van der Waals surface area contributed by atoms with Crippen LogP contribution in [0.1, 0.15) is 17.4 Å². The van der Waals surface area contributed by atoms with Gasteiger partial charge in [-0.3, -0.25) is 0 Å². The normalized spacial score (nSPS) is 13.2. The molecule has 1 heterocycles. The minimum Gasteiger partial charge on any atom is -0.396 e. The SMILES string of the molecule is CC(N)Cc1ccsc1CCO. The smallest absolute Gasteiger partial charge is 0.0479 e. The maximum Gasteiger partial charge on any atom is 0.0479 e. The van der Waals surface area contributed by atoms with Crippen LogP contribution in [0.3, 0.4) is 0 Å². The van der Waals surface area contributed by atoms with E-state index in [-0.39, 0.29) is 12.6 Å². The van der Waals surface area contributed by atoms with Crippen molar-refractivity contribution in [2.75, 3.05) is 6.61 Å². The van der Waals surface area contributed by atoms with Crippen molar-refractivity contribution in [3.63, 3.8) is 0 Å². The summed E-state index contributed by atoms with van der Waals surface area (Å²) in [5.41, 5.74) is 6.99. The summed E-state index contributed by atoms with van der Waals surface area (Å²) in [5, 5.41) is 10.8. The Bertz CT molecular complexity index is 232. The van der Waals surface area contributed by atoms with Gasteiger partial charge < -0.3 is 10.8 Å². The molecule has 1 aromatic heterocycles. The molecule has 0 fully saturated rings. The lowest BCUT2D eigenvalue weighted by molar-refractivity contribution is 0.300. The Balaban J connectivity index is 2.63. The topological polar surface area (TPSA) is 46.2 Å². The van der Waals surface area contributed by atoms with E-state index in [0.29, 0.717) is 0 Å². The Morgan fingerprint density at radius 2 is 2.42 bits per heavy atom. The van der Waals surface area contributed by atoms with Crippen LogP contribution >= 0.6 is 11.3 Å². The van der Waals surface area contributed by atoms with E-state index in [1.165, 1.54) is 10.4 Å². The summed E-state index contributed by atoms with van der Waals surface area (Å²) in [6, 6.07) is 2.30. The molecule has 0 radical (unpaired) electrons. The fourth-order valence-electron chi connectivity index (χ4n) is 1.22. The summed E-state index contributed by atoms with van der Waals surface area (Å²) < 4.78 is 0. The standard InChI is InChI=1S/C9H15NOS/c1-7(10)6-8-3-5-12-9(8)2-4-11/h3,5,7,11H,2,4,6,10H2,1H3. The van der Waals surface area contributed by atoms with Crippen LogP contribution < -0.4 is 5.73 Å². The molecule has 1 aromatic rings. The average molecular weight is 185 g/mol. The van der Waals surface area contributed by atoms with Crippen molar-refractivity contribution in [3.8, 4) is 0 Å². The molecule has 12 heavy (non-hydrogen) atoms. The second-order valence-electron chi connectivity index (χ2n) is 3.02. The first-order valence-electron chi connectivity index (χ1n) is 4.15. The highest BCUT2D eigenvalue weighted by molar-refractivity contribution is 7.10. The van der Waals surface area contributed by atoms with Gasteiger partial charge in [-0.1, -0.05) is 0 Å². The predicted molar refractivity (Wildman–Crippen MR) is 52.5 cm³/mol. The third-order valence-electron chi connectivity index (χ3n) is 1.72. The molecule has 0 saturated heterocycles. The Labute approximate surface area is 77.0 Å². The van der Waals surface area contributed by atoms with E-state index in [1.807, 2.05) is 6.92 Å². The summed E-state index contributed by atoms with van der Waals surface area (Å²) in [6.07, 6.45) is 1.68. The zero-order valence-corrected chi connectivity index (χ0v) is 8.10. The number of nitrogens with two attached hydrogens (primary N) is 1. The van der Waals surface area contributed by atoms with Crippen molar-refractivity contribution in [3.05, 3.63) is 21.9 Å². The van der Waals surface area contributed by atoms with Gasteiger partial charge in [-0.25, -0.2) is 0 Å².